The molecule has 2 N–H and O–H groups in total. The SMILES string of the molecule is COc1ccccc1NC(=S)Nc1ncn(Cc2cccc(F)c2)n1. The summed E-state index contributed by atoms with van der Waals surface area (Å²) in [4.78, 5) is 4.15. The number of benzene rings is 2. The molecule has 0 saturated heterocycles. The molecule has 0 spiro atoms. The summed E-state index contributed by atoms with van der Waals surface area (Å²) in [5, 5.41) is 10.6. The van der Waals surface area contributed by atoms with Crippen molar-refractivity contribution in [2.75, 3.05) is 17.7 Å². The number of methoxy groups -OCH3 is 1. The van der Waals surface area contributed by atoms with Crippen molar-refractivity contribution in [3.05, 3.63) is 66.2 Å². The molecule has 25 heavy (non-hydrogen) atoms. The Morgan fingerprint density at radius 3 is 2.84 bits per heavy atom. The molecule has 3 aromatic rings. The zero-order valence-electron chi connectivity index (χ0n) is 13.4. The number of rotatable bonds is 5. The third kappa shape index (κ3) is 4.51. The Labute approximate surface area is 149 Å². The Hall–Kier alpha value is -3.00. The quantitative estimate of drug-likeness (QED) is 0.683. The van der Waals surface area contributed by atoms with Crippen LogP contribution in [0.25, 0.3) is 0 Å². The lowest BCUT2D eigenvalue weighted by Crippen LogP contribution is -2.20. The fourth-order valence-electron chi connectivity index (χ4n) is 2.25. The van der Waals surface area contributed by atoms with Gasteiger partial charge in [0.25, 0.3) is 0 Å². The Bertz CT molecular complexity index is 883. The van der Waals surface area contributed by atoms with Gasteiger partial charge in [0, 0.05) is 0 Å². The minimum Gasteiger partial charge on any atom is -0.495 e. The van der Waals surface area contributed by atoms with Crippen LogP contribution in [0, 0.1) is 5.82 Å². The summed E-state index contributed by atoms with van der Waals surface area (Å²) in [6.45, 7) is 0.416. The van der Waals surface area contributed by atoms with Gasteiger partial charge >= 0.3 is 0 Å². The summed E-state index contributed by atoms with van der Waals surface area (Å²) in [7, 11) is 1.59. The van der Waals surface area contributed by atoms with E-state index in [0.29, 0.717) is 23.4 Å². The van der Waals surface area contributed by atoms with Crippen LogP contribution >= 0.6 is 12.2 Å². The number of aromatic nitrogens is 3. The third-order valence-electron chi connectivity index (χ3n) is 3.35. The highest BCUT2D eigenvalue weighted by Gasteiger charge is 2.07. The van der Waals surface area contributed by atoms with E-state index in [1.54, 1.807) is 24.2 Å². The first-order chi connectivity index (χ1) is 12.1. The molecular formula is C17H16FN5OS. The first-order valence-electron chi connectivity index (χ1n) is 7.49. The second-order valence-corrected chi connectivity index (χ2v) is 5.58. The van der Waals surface area contributed by atoms with E-state index >= 15 is 0 Å². The Kier molecular flexibility index (Phi) is 5.20. The minimum atomic E-state index is -0.279. The van der Waals surface area contributed by atoms with Crippen LogP contribution in [0.2, 0.25) is 0 Å². The van der Waals surface area contributed by atoms with Crippen molar-refractivity contribution in [2.45, 2.75) is 6.54 Å². The molecule has 0 unspecified atom stereocenters. The fraction of sp³-hybridized carbons (Fsp3) is 0.118. The average Bonchev–Trinajstić information content (AvgIpc) is 3.02. The van der Waals surface area contributed by atoms with Gasteiger partial charge in [-0.1, -0.05) is 24.3 Å². The molecule has 0 radical (unpaired) electrons. The highest BCUT2D eigenvalue weighted by molar-refractivity contribution is 7.80. The molecule has 1 aromatic heterocycles. The van der Waals surface area contributed by atoms with E-state index in [9.17, 15) is 4.39 Å². The summed E-state index contributed by atoms with van der Waals surface area (Å²) in [5.41, 5.74) is 1.54. The number of para-hydroxylation sites is 2. The number of hydrogen-bond acceptors (Lipinski definition) is 4. The van der Waals surface area contributed by atoms with Gasteiger partial charge in [0.2, 0.25) is 5.95 Å². The van der Waals surface area contributed by atoms with Crippen molar-refractivity contribution in [1.29, 1.82) is 0 Å². The lowest BCUT2D eigenvalue weighted by atomic mass is 10.2. The van der Waals surface area contributed by atoms with Gasteiger partial charge < -0.3 is 10.1 Å². The van der Waals surface area contributed by atoms with E-state index in [1.165, 1.54) is 12.1 Å². The summed E-state index contributed by atoms with van der Waals surface area (Å²) in [6.07, 6.45) is 1.55. The second-order valence-electron chi connectivity index (χ2n) is 5.18. The molecule has 0 amide bonds. The molecule has 0 atom stereocenters. The lowest BCUT2D eigenvalue weighted by molar-refractivity contribution is 0.417. The van der Waals surface area contributed by atoms with Gasteiger partial charge in [0.05, 0.1) is 19.3 Å². The molecule has 8 heteroatoms. The van der Waals surface area contributed by atoms with Crippen molar-refractivity contribution in [3.63, 3.8) is 0 Å². The van der Waals surface area contributed by atoms with Crippen molar-refractivity contribution < 1.29 is 9.13 Å². The molecule has 2 aromatic carbocycles. The maximum atomic E-state index is 13.2. The Morgan fingerprint density at radius 2 is 2.04 bits per heavy atom. The number of nitrogens with one attached hydrogen (secondary N) is 2. The van der Waals surface area contributed by atoms with Gasteiger partial charge in [-0.2, -0.15) is 0 Å². The summed E-state index contributed by atoms with van der Waals surface area (Å²) < 4.78 is 20.1. The number of anilines is 2. The maximum absolute atomic E-state index is 13.2. The predicted octanol–water partition coefficient (Wildman–Crippen LogP) is 3.28. The number of ether oxygens (including phenoxy) is 1. The van der Waals surface area contributed by atoms with Crippen LogP contribution in [0.5, 0.6) is 5.75 Å². The summed E-state index contributed by atoms with van der Waals surface area (Å²) >= 11 is 5.27. The highest BCUT2D eigenvalue weighted by Crippen LogP contribution is 2.23. The average molecular weight is 357 g/mol. The normalized spacial score (nSPS) is 10.3. The number of thiocarbonyl (C=S) groups is 1. The van der Waals surface area contributed by atoms with Crippen molar-refractivity contribution >= 4 is 29.0 Å². The van der Waals surface area contributed by atoms with Gasteiger partial charge in [-0.15, -0.1) is 5.10 Å². The summed E-state index contributed by atoms with van der Waals surface area (Å²) in [6, 6.07) is 13.8. The smallest absolute Gasteiger partial charge is 0.248 e. The standard InChI is InChI=1S/C17H16FN5OS/c1-24-15-8-3-2-7-14(15)20-17(25)21-16-19-11-23(22-16)10-12-5-4-6-13(18)9-12/h2-9,11H,10H2,1H3,(H2,20,21,22,25). The van der Waals surface area contributed by atoms with Gasteiger partial charge in [0.1, 0.15) is 17.9 Å². The molecule has 0 aliphatic heterocycles. The topological polar surface area (TPSA) is 64.0 Å². The van der Waals surface area contributed by atoms with Crippen molar-refractivity contribution in [2.24, 2.45) is 0 Å². The van der Waals surface area contributed by atoms with Crippen LogP contribution in [-0.4, -0.2) is 27.0 Å². The van der Waals surface area contributed by atoms with E-state index in [1.807, 2.05) is 30.3 Å². The third-order valence-corrected chi connectivity index (χ3v) is 3.55. The summed E-state index contributed by atoms with van der Waals surface area (Å²) in [5.74, 6) is 0.748. The number of nitrogens with zero attached hydrogens (tertiary/aromatic N) is 3. The van der Waals surface area contributed by atoms with Gasteiger partial charge in [-0.3, -0.25) is 5.32 Å². The minimum absolute atomic E-state index is 0.279. The fourth-order valence-corrected chi connectivity index (χ4v) is 2.45. The maximum Gasteiger partial charge on any atom is 0.248 e. The number of halogens is 1. The molecule has 128 valence electrons. The zero-order chi connectivity index (χ0) is 17.6. The molecule has 0 aliphatic rings. The Balaban J connectivity index is 1.62. The monoisotopic (exact) mass is 357 g/mol. The largest absolute Gasteiger partial charge is 0.495 e. The zero-order valence-corrected chi connectivity index (χ0v) is 14.3. The number of hydrogen-bond donors (Lipinski definition) is 2. The van der Waals surface area contributed by atoms with E-state index in [2.05, 4.69) is 20.7 Å². The van der Waals surface area contributed by atoms with Gasteiger partial charge in [-0.25, -0.2) is 14.1 Å². The molecule has 0 aliphatic carbocycles. The molecule has 0 fully saturated rings. The second kappa shape index (κ2) is 7.71. The molecular weight excluding hydrogens is 341 g/mol. The van der Waals surface area contributed by atoms with Crippen molar-refractivity contribution in [3.8, 4) is 5.75 Å². The van der Waals surface area contributed by atoms with Gasteiger partial charge in [0.15, 0.2) is 5.11 Å². The van der Waals surface area contributed by atoms with Crippen molar-refractivity contribution in [1.82, 2.24) is 14.8 Å². The molecule has 6 nitrogen and oxygen atoms in total. The van der Waals surface area contributed by atoms with Crippen LogP contribution in [0.4, 0.5) is 16.0 Å². The first-order valence-corrected chi connectivity index (χ1v) is 7.90. The van der Waals surface area contributed by atoms with Crippen LogP contribution in [0.15, 0.2) is 54.9 Å². The van der Waals surface area contributed by atoms with Crippen LogP contribution in [-0.2, 0) is 6.54 Å². The van der Waals surface area contributed by atoms with Crippen LogP contribution in [0.3, 0.4) is 0 Å². The lowest BCUT2D eigenvalue weighted by Gasteiger charge is -2.11. The molecule has 0 bridgehead atoms. The van der Waals surface area contributed by atoms with E-state index in [0.717, 1.165) is 11.3 Å². The highest BCUT2D eigenvalue weighted by atomic mass is 32.1. The predicted molar refractivity (Wildman–Crippen MR) is 98.4 cm³/mol. The van der Waals surface area contributed by atoms with E-state index in [-0.39, 0.29) is 5.82 Å². The molecule has 3 rings (SSSR count). The molecule has 1 heterocycles. The first kappa shape index (κ1) is 16.8. The van der Waals surface area contributed by atoms with E-state index in [4.69, 9.17) is 17.0 Å². The van der Waals surface area contributed by atoms with E-state index < -0.39 is 0 Å². The van der Waals surface area contributed by atoms with Crippen LogP contribution < -0.4 is 15.4 Å². The Morgan fingerprint density at radius 1 is 1.20 bits per heavy atom. The van der Waals surface area contributed by atoms with Gasteiger partial charge in [-0.05, 0) is 42.0 Å². The van der Waals surface area contributed by atoms with Crippen LogP contribution in [0.1, 0.15) is 5.56 Å². The molecule has 0 saturated carbocycles.